The normalized spacial score (nSPS) is 21.3. The smallest absolute Gasteiger partial charge is 0.408 e. The fourth-order valence-electron chi connectivity index (χ4n) is 4.96. The van der Waals surface area contributed by atoms with E-state index in [1.54, 1.807) is 0 Å². The molecule has 9 nitrogen and oxygen atoms in total. The SMILES string of the molecule is O=C(N[C@H]1C(=O)N[C@](O)(COCc2ccccc2)[C@H](OCc2ccccc2)[C@H]1OCc1ccccc1)OCc1ccccc1. The molecule has 3 N–H and O–H groups in total. The van der Waals surface area contributed by atoms with E-state index in [4.69, 9.17) is 18.9 Å². The van der Waals surface area contributed by atoms with Crippen molar-refractivity contribution in [1.29, 1.82) is 0 Å². The van der Waals surface area contributed by atoms with Gasteiger partial charge in [0.05, 0.1) is 26.4 Å². The van der Waals surface area contributed by atoms with E-state index >= 15 is 0 Å². The lowest BCUT2D eigenvalue weighted by atomic mass is 9.90. The summed E-state index contributed by atoms with van der Waals surface area (Å²) in [7, 11) is 0. The van der Waals surface area contributed by atoms with Gasteiger partial charge in [0.1, 0.15) is 24.9 Å². The summed E-state index contributed by atoms with van der Waals surface area (Å²) in [5.41, 5.74) is 1.41. The molecule has 1 aliphatic heterocycles. The lowest BCUT2D eigenvalue weighted by molar-refractivity contribution is -0.230. The van der Waals surface area contributed by atoms with Crippen molar-refractivity contribution in [1.82, 2.24) is 10.6 Å². The fraction of sp³-hybridized carbons (Fsp3) is 0.257. The molecule has 1 saturated heterocycles. The number of hydrogen-bond acceptors (Lipinski definition) is 7. The van der Waals surface area contributed by atoms with Crippen LogP contribution in [0.4, 0.5) is 4.79 Å². The summed E-state index contributed by atoms with van der Waals surface area (Å²) in [5, 5.41) is 17.2. The zero-order valence-corrected chi connectivity index (χ0v) is 24.2. The number of rotatable bonds is 13. The van der Waals surface area contributed by atoms with Crippen LogP contribution in [0.2, 0.25) is 0 Å². The van der Waals surface area contributed by atoms with Crippen LogP contribution in [0.25, 0.3) is 0 Å². The third-order valence-electron chi connectivity index (χ3n) is 7.20. The number of benzene rings is 4. The van der Waals surface area contributed by atoms with Crippen LogP contribution in [0.5, 0.6) is 0 Å². The first-order valence-electron chi connectivity index (χ1n) is 14.4. The Morgan fingerprint density at radius 1 is 0.682 bits per heavy atom. The highest BCUT2D eigenvalue weighted by Crippen LogP contribution is 2.28. The second kappa shape index (κ2) is 15.3. The number of amides is 2. The third kappa shape index (κ3) is 8.52. The van der Waals surface area contributed by atoms with Crippen molar-refractivity contribution in [3.63, 3.8) is 0 Å². The molecule has 0 spiro atoms. The zero-order valence-electron chi connectivity index (χ0n) is 24.2. The molecule has 0 saturated carbocycles. The van der Waals surface area contributed by atoms with E-state index in [2.05, 4.69) is 10.6 Å². The van der Waals surface area contributed by atoms with Gasteiger partial charge in [0.15, 0.2) is 5.72 Å². The largest absolute Gasteiger partial charge is 0.445 e. The standard InChI is InChI=1S/C35H36N2O7/c38-33-30(36-34(39)44-24-29-19-11-4-12-20-29)31(42-22-27-15-7-2-8-16-27)32(43-23-28-17-9-3-10-18-28)35(40,37-33)25-41-21-26-13-5-1-6-14-26/h1-20,30-32,40H,21-25H2,(H,36,39)(H,37,38)/t30-,31+,32-,35+/m1/s1. The summed E-state index contributed by atoms with van der Waals surface area (Å²) < 4.78 is 23.9. The molecule has 1 aliphatic rings. The van der Waals surface area contributed by atoms with Gasteiger partial charge in [-0.25, -0.2) is 4.79 Å². The lowest BCUT2D eigenvalue weighted by Crippen LogP contribution is -2.75. The van der Waals surface area contributed by atoms with E-state index in [-0.39, 0.29) is 33.0 Å². The van der Waals surface area contributed by atoms with Crippen molar-refractivity contribution in [3.8, 4) is 0 Å². The predicted octanol–water partition coefficient (Wildman–Crippen LogP) is 4.49. The van der Waals surface area contributed by atoms with Gasteiger partial charge in [-0.15, -0.1) is 0 Å². The molecule has 0 aromatic heterocycles. The van der Waals surface area contributed by atoms with E-state index in [1.807, 2.05) is 121 Å². The summed E-state index contributed by atoms with van der Waals surface area (Å²) in [5.74, 6) is -0.662. The van der Waals surface area contributed by atoms with Crippen LogP contribution in [0, 0.1) is 0 Å². The summed E-state index contributed by atoms with van der Waals surface area (Å²) >= 11 is 0. The van der Waals surface area contributed by atoms with E-state index in [0.717, 1.165) is 22.3 Å². The number of nitrogens with one attached hydrogen (secondary N) is 2. The van der Waals surface area contributed by atoms with Gasteiger partial charge in [-0.3, -0.25) is 4.79 Å². The van der Waals surface area contributed by atoms with Gasteiger partial charge in [-0.05, 0) is 22.3 Å². The third-order valence-corrected chi connectivity index (χ3v) is 7.20. The highest BCUT2D eigenvalue weighted by molar-refractivity contribution is 5.88. The Balaban J connectivity index is 1.38. The molecule has 4 aromatic carbocycles. The Hall–Kier alpha value is -4.54. The Morgan fingerprint density at radius 3 is 1.66 bits per heavy atom. The number of carbonyl (C=O) groups excluding carboxylic acids is 2. The molecule has 0 radical (unpaired) electrons. The minimum absolute atomic E-state index is 0.0156. The van der Waals surface area contributed by atoms with Gasteiger partial charge >= 0.3 is 6.09 Å². The van der Waals surface area contributed by atoms with E-state index in [0.29, 0.717) is 0 Å². The molecule has 0 aliphatic carbocycles. The van der Waals surface area contributed by atoms with Crippen molar-refractivity contribution in [2.75, 3.05) is 6.61 Å². The van der Waals surface area contributed by atoms with Crippen LogP contribution in [-0.2, 0) is 50.2 Å². The Kier molecular flexibility index (Phi) is 10.7. The van der Waals surface area contributed by atoms with E-state index in [1.165, 1.54) is 0 Å². The quantitative estimate of drug-likeness (QED) is 0.208. The van der Waals surface area contributed by atoms with Crippen LogP contribution < -0.4 is 10.6 Å². The number of aliphatic hydroxyl groups is 1. The molecule has 1 fully saturated rings. The molecule has 2 amide bonds. The van der Waals surface area contributed by atoms with Crippen LogP contribution in [0.1, 0.15) is 22.3 Å². The van der Waals surface area contributed by atoms with Gasteiger partial charge in [-0.1, -0.05) is 121 Å². The van der Waals surface area contributed by atoms with Gasteiger partial charge in [0, 0.05) is 0 Å². The van der Waals surface area contributed by atoms with Crippen molar-refractivity contribution in [3.05, 3.63) is 144 Å². The molecule has 228 valence electrons. The van der Waals surface area contributed by atoms with Gasteiger partial charge in [0.25, 0.3) is 0 Å². The Bertz CT molecular complexity index is 1460. The molecule has 9 heteroatoms. The van der Waals surface area contributed by atoms with E-state index < -0.39 is 36.0 Å². The van der Waals surface area contributed by atoms with Gasteiger partial charge in [0.2, 0.25) is 5.91 Å². The monoisotopic (exact) mass is 596 g/mol. The highest BCUT2D eigenvalue weighted by atomic mass is 16.6. The van der Waals surface area contributed by atoms with Crippen LogP contribution in [0.15, 0.2) is 121 Å². The Labute approximate surface area is 256 Å². The molecule has 0 bridgehead atoms. The first kappa shape index (κ1) is 30.9. The van der Waals surface area contributed by atoms with E-state index in [9.17, 15) is 14.7 Å². The molecular formula is C35H36N2O7. The molecule has 1 heterocycles. The van der Waals surface area contributed by atoms with Gasteiger partial charge in [-0.2, -0.15) is 0 Å². The highest BCUT2D eigenvalue weighted by Gasteiger charge is 2.55. The minimum atomic E-state index is -1.98. The zero-order chi connectivity index (χ0) is 30.6. The molecule has 4 aromatic rings. The average molecular weight is 597 g/mol. The van der Waals surface area contributed by atoms with Crippen molar-refractivity contribution >= 4 is 12.0 Å². The minimum Gasteiger partial charge on any atom is -0.445 e. The molecule has 5 rings (SSSR count). The van der Waals surface area contributed by atoms with Crippen molar-refractivity contribution in [2.24, 2.45) is 0 Å². The maximum atomic E-state index is 13.6. The maximum absolute atomic E-state index is 13.6. The topological polar surface area (TPSA) is 115 Å². The summed E-state index contributed by atoms with van der Waals surface area (Å²) in [6.07, 6.45) is -3.06. The van der Waals surface area contributed by atoms with Crippen LogP contribution in [0.3, 0.4) is 0 Å². The number of alkyl carbamates (subject to hydrolysis) is 1. The number of piperidine rings is 1. The molecular weight excluding hydrogens is 560 g/mol. The number of hydrogen-bond donors (Lipinski definition) is 3. The van der Waals surface area contributed by atoms with Crippen molar-refractivity contribution in [2.45, 2.75) is 50.4 Å². The summed E-state index contributed by atoms with van der Waals surface area (Å²) in [4.78, 5) is 26.5. The second-order valence-corrected chi connectivity index (χ2v) is 10.6. The Morgan fingerprint density at radius 2 is 1.14 bits per heavy atom. The van der Waals surface area contributed by atoms with Gasteiger partial charge < -0.3 is 34.7 Å². The average Bonchev–Trinajstić information content (AvgIpc) is 3.06. The predicted molar refractivity (Wildman–Crippen MR) is 163 cm³/mol. The maximum Gasteiger partial charge on any atom is 0.408 e. The summed E-state index contributed by atoms with van der Waals surface area (Å²) in [6.45, 7) is 0.138. The molecule has 0 unspecified atom stereocenters. The van der Waals surface area contributed by atoms with Crippen molar-refractivity contribution < 1.29 is 33.6 Å². The first-order chi connectivity index (χ1) is 21.5. The number of carbonyl (C=O) groups is 2. The molecule has 44 heavy (non-hydrogen) atoms. The number of ether oxygens (including phenoxy) is 4. The lowest BCUT2D eigenvalue weighted by Gasteiger charge is -2.47. The summed E-state index contributed by atoms with van der Waals surface area (Å²) in [6, 6.07) is 36.3. The molecule has 4 atom stereocenters. The van der Waals surface area contributed by atoms with Crippen LogP contribution in [-0.4, -0.2) is 47.7 Å². The first-order valence-corrected chi connectivity index (χ1v) is 14.4. The second-order valence-electron chi connectivity index (χ2n) is 10.6. The fourth-order valence-corrected chi connectivity index (χ4v) is 4.96. The van der Waals surface area contributed by atoms with Crippen LogP contribution >= 0.6 is 0 Å².